The van der Waals surface area contributed by atoms with Gasteiger partial charge in [0.1, 0.15) is 0 Å². The molecule has 1 aliphatic carbocycles. The van der Waals surface area contributed by atoms with Crippen LogP contribution in [-0.4, -0.2) is 35.0 Å². The van der Waals surface area contributed by atoms with Crippen LogP contribution in [-0.2, 0) is 17.6 Å². The first kappa shape index (κ1) is 12.7. The second kappa shape index (κ2) is 4.96. The zero-order valence-corrected chi connectivity index (χ0v) is 11.5. The average molecular weight is 279 g/mol. The minimum absolute atomic E-state index is 0.0188. The van der Waals surface area contributed by atoms with E-state index < -0.39 is 11.9 Å². The summed E-state index contributed by atoms with van der Waals surface area (Å²) in [6.07, 6.45) is 4.83. The number of carboxylic acids is 1. The highest BCUT2D eigenvalue weighted by atomic mass is 32.1. The molecule has 102 valence electrons. The molecule has 2 heterocycles. The highest BCUT2D eigenvalue weighted by Gasteiger charge is 2.30. The van der Waals surface area contributed by atoms with Crippen LogP contribution in [0.25, 0.3) is 0 Å². The lowest BCUT2D eigenvalue weighted by atomic mass is 9.98. The van der Waals surface area contributed by atoms with Crippen LogP contribution in [0, 0.1) is 5.92 Å². The van der Waals surface area contributed by atoms with Crippen LogP contribution in [0.2, 0.25) is 0 Å². The number of carboxylic acid groups (broad SMARTS) is 1. The SMILES string of the molecule is O=C(O)[C@H]1CCCN(C(=O)c2cc3c(s2)CCC3)C1. The van der Waals surface area contributed by atoms with Crippen LogP contribution in [0.1, 0.15) is 39.4 Å². The van der Waals surface area contributed by atoms with E-state index in [0.717, 1.165) is 24.1 Å². The monoisotopic (exact) mass is 279 g/mol. The molecule has 2 aliphatic rings. The van der Waals surface area contributed by atoms with E-state index in [1.54, 1.807) is 16.2 Å². The number of hydrogen-bond acceptors (Lipinski definition) is 3. The van der Waals surface area contributed by atoms with Crippen molar-refractivity contribution in [3.05, 3.63) is 21.4 Å². The van der Waals surface area contributed by atoms with Crippen molar-refractivity contribution in [1.29, 1.82) is 0 Å². The quantitative estimate of drug-likeness (QED) is 0.902. The number of amides is 1. The maximum atomic E-state index is 12.4. The summed E-state index contributed by atoms with van der Waals surface area (Å²) in [5.74, 6) is -1.17. The largest absolute Gasteiger partial charge is 0.481 e. The van der Waals surface area contributed by atoms with Gasteiger partial charge in [-0.05, 0) is 43.7 Å². The lowest BCUT2D eigenvalue weighted by Crippen LogP contribution is -2.42. The van der Waals surface area contributed by atoms with Crippen molar-refractivity contribution < 1.29 is 14.7 Å². The molecule has 0 radical (unpaired) electrons. The summed E-state index contributed by atoms with van der Waals surface area (Å²) in [7, 11) is 0. The predicted octanol–water partition coefficient (Wildman–Crippen LogP) is 2.17. The Morgan fingerprint density at radius 3 is 2.89 bits per heavy atom. The number of rotatable bonds is 2. The number of aliphatic carboxylic acids is 1. The van der Waals surface area contributed by atoms with Gasteiger partial charge in [0.2, 0.25) is 0 Å². The fourth-order valence-corrected chi connectivity index (χ4v) is 4.17. The molecular formula is C14H17NO3S. The van der Waals surface area contributed by atoms with Crippen molar-refractivity contribution in [3.63, 3.8) is 0 Å². The van der Waals surface area contributed by atoms with E-state index in [4.69, 9.17) is 5.11 Å². The highest BCUT2D eigenvalue weighted by molar-refractivity contribution is 7.14. The van der Waals surface area contributed by atoms with Crippen molar-refractivity contribution in [2.24, 2.45) is 5.92 Å². The molecule has 0 bridgehead atoms. The van der Waals surface area contributed by atoms with E-state index in [0.29, 0.717) is 19.5 Å². The van der Waals surface area contributed by atoms with Crippen molar-refractivity contribution in [3.8, 4) is 0 Å². The molecule has 4 nitrogen and oxygen atoms in total. The Morgan fingerprint density at radius 1 is 1.32 bits per heavy atom. The Balaban J connectivity index is 1.74. The van der Waals surface area contributed by atoms with Crippen LogP contribution >= 0.6 is 11.3 Å². The molecule has 1 saturated heterocycles. The van der Waals surface area contributed by atoms with Gasteiger partial charge in [0, 0.05) is 18.0 Å². The Hall–Kier alpha value is -1.36. The smallest absolute Gasteiger partial charge is 0.308 e. The number of aryl methyl sites for hydroxylation is 2. The Morgan fingerprint density at radius 2 is 2.16 bits per heavy atom. The topological polar surface area (TPSA) is 57.6 Å². The summed E-state index contributed by atoms with van der Waals surface area (Å²) in [5, 5.41) is 9.07. The first-order chi connectivity index (χ1) is 9.15. The molecule has 5 heteroatoms. The van der Waals surface area contributed by atoms with Gasteiger partial charge in [-0.3, -0.25) is 9.59 Å². The van der Waals surface area contributed by atoms with Gasteiger partial charge in [0.05, 0.1) is 10.8 Å². The van der Waals surface area contributed by atoms with E-state index in [1.165, 1.54) is 16.9 Å². The van der Waals surface area contributed by atoms with E-state index in [9.17, 15) is 9.59 Å². The summed E-state index contributed by atoms with van der Waals surface area (Å²) in [4.78, 5) is 27.3. The van der Waals surface area contributed by atoms with Gasteiger partial charge in [-0.2, -0.15) is 0 Å². The fraction of sp³-hybridized carbons (Fsp3) is 0.571. The van der Waals surface area contributed by atoms with Gasteiger partial charge < -0.3 is 10.0 Å². The van der Waals surface area contributed by atoms with Crippen molar-refractivity contribution in [2.45, 2.75) is 32.1 Å². The molecule has 0 spiro atoms. The van der Waals surface area contributed by atoms with Crippen molar-refractivity contribution in [1.82, 2.24) is 4.90 Å². The second-order valence-corrected chi connectivity index (χ2v) is 6.48. The molecule has 1 aliphatic heterocycles. The normalized spacial score (nSPS) is 22.3. The maximum Gasteiger partial charge on any atom is 0.308 e. The van der Waals surface area contributed by atoms with Gasteiger partial charge >= 0.3 is 5.97 Å². The average Bonchev–Trinajstić information content (AvgIpc) is 2.98. The van der Waals surface area contributed by atoms with Crippen molar-refractivity contribution in [2.75, 3.05) is 13.1 Å². The molecule has 1 fully saturated rings. The molecule has 0 saturated carbocycles. The van der Waals surface area contributed by atoms with Gasteiger partial charge in [0.25, 0.3) is 5.91 Å². The number of thiophene rings is 1. The third kappa shape index (κ3) is 2.39. The first-order valence-corrected chi connectivity index (χ1v) is 7.60. The van der Waals surface area contributed by atoms with Gasteiger partial charge in [-0.1, -0.05) is 0 Å². The number of fused-ring (bicyclic) bond motifs is 1. The molecule has 19 heavy (non-hydrogen) atoms. The summed E-state index contributed by atoms with van der Waals surface area (Å²) in [5.41, 5.74) is 1.32. The zero-order chi connectivity index (χ0) is 13.4. The molecule has 0 aromatic carbocycles. The van der Waals surface area contributed by atoms with Crippen LogP contribution in [0.3, 0.4) is 0 Å². The molecule has 1 atom stereocenters. The summed E-state index contributed by atoms with van der Waals surface area (Å²) in [6.45, 7) is 1.04. The third-order valence-electron chi connectivity index (χ3n) is 4.02. The molecule has 1 aromatic rings. The zero-order valence-electron chi connectivity index (χ0n) is 10.7. The number of hydrogen-bond donors (Lipinski definition) is 1. The number of likely N-dealkylation sites (tertiary alicyclic amines) is 1. The number of piperidine rings is 1. The van der Waals surface area contributed by atoms with E-state index in [2.05, 4.69) is 0 Å². The van der Waals surface area contributed by atoms with Gasteiger partial charge in [-0.15, -0.1) is 11.3 Å². The summed E-state index contributed by atoms with van der Waals surface area (Å²) < 4.78 is 0. The van der Waals surface area contributed by atoms with Gasteiger partial charge in [0.15, 0.2) is 0 Å². The molecule has 0 unspecified atom stereocenters. The maximum absolute atomic E-state index is 12.4. The summed E-state index contributed by atoms with van der Waals surface area (Å²) >= 11 is 1.59. The van der Waals surface area contributed by atoms with Gasteiger partial charge in [-0.25, -0.2) is 0 Å². The Bertz CT molecular complexity index is 501. The lowest BCUT2D eigenvalue weighted by Gasteiger charge is -2.30. The van der Waals surface area contributed by atoms with Crippen LogP contribution < -0.4 is 0 Å². The van der Waals surface area contributed by atoms with Crippen LogP contribution in [0.4, 0.5) is 0 Å². The molecule has 1 amide bonds. The minimum atomic E-state index is -0.786. The molecule has 1 N–H and O–H groups in total. The Labute approximate surface area is 116 Å². The fourth-order valence-electron chi connectivity index (χ4n) is 2.95. The van der Waals surface area contributed by atoms with E-state index >= 15 is 0 Å². The number of carbonyl (C=O) groups is 2. The minimum Gasteiger partial charge on any atom is -0.481 e. The predicted molar refractivity (Wildman–Crippen MR) is 72.6 cm³/mol. The number of carbonyl (C=O) groups excluding carboxylic acids is 1. The lowest BCUT2D eigenvalue weighted by molar-refractivity contribution is -0.143. The Kier molecular flexibility index (Phi) is 3.31. The third-order valence-corrected chi connectivity index (χ3v) is 5.24. The highest BCUT2D eigenvalue weighted by Crippen LogP contribution is 2.32. The second-order valence-electron chi connectivity index (χ2n) is 5.34. The van der Waals surface area contributed by atoms with Crippen molar-refractivity contribution >= 4 is 23.2 Å². The number of nitrogens with zero attached hydrogens (tertiary/aromatic N) is 1. The van der Waals surface area contributed by atoms with E-state index in [-0.39, 0.29) is 5.91 Å². The van der Waals surface area contributed by atoms with Crippen LogP contribution in [0.15, 0.2) is 6.07 Å². The van der Waals surface area contributed by atoms with Crippen LogP contribution in [0.5, 0.6) is 0 Å². The standard InChI is InChI=1S/C14H17NO3S/c16-13(12-7-9-3-1-5-11(9)19-12)15-6-2-4-10(8-15)14(17)18/h7,10H,1-6,8H2,(H,17,18)/t10-/m0/s1. The first-order valence-electron chi connectivity index (χ1n) is 6.79. The molecule has 1 aromatic heterocycles. The molecule has 3 rings (SSSR count). The summed E-state index contributed by atoms with van der Waals surface area (Å²) in [6, 6.07) is 2.01. The molecular weight excluding hydrogens is 262 g/mol. The van der Waals surface area contributed by atoms with E-state index in [1.807, 2.05) is 6.07 Å².